The number of aliphatic hydroxyl groups excluding tert-OH is 2. The van der Waals surface area contributed by atoms with Gasteiger partial charge in [-0.1, -0.05) is 45.4 Å². The molecule has 58 heavy (non-hydrogen) atoms. The SMILES string of the molecule is CCC1C=C(C)CC(C)CC(OC)C2OC(O)(C(=O)C(=O)N3CCCCC3C(=O)OC(C(C)=CC3CCC(NCC(C)O)C(O)C3)C(C)CCC1=O)C(C)CC2OC. The number of carbonyl (C=O) groups is 4. The van der Waals surface area contributed by atoms with Crippen molar-refractivity contribution in [2.45, 2.75) is 180 Å². The molecule has 13 nitrogen and oxygen atoms in total. The Morgan fingerprint density at radius 2 is 1.72 bits per heavy atom. The van der Waals surface area contributed by atoms with E-state index in [1.54, 1.807) is 28.1 Å². The third-order valence-corrected chi connectivity index (χ3v) is 13.2. The molecule has 0 aromatic rings. The summed E-state index contributed by atoms with van der Waals surface area (Å²) >= 11 is 0. The Labute approximate surface area is 346 Å². The molecule has 1 saturated carbocycles. The molecular formula is C45H74N2O11. The minimum Gasteiger partial charge on any atom is -0.456 e. The average Bonchev–Trinajstić information content (AvgIpc) is 3.19. The molecule has 0 aromatic carbocycles. The second-order valence-electron chi connectivity index (χ2n) is 18.1. The number of esters is 1. The van der Waals surface area contributed by atoms with Crippen molar-refractivity contribution in [3.05, 3.63) is 23.3 Å². The average molecular weight is 819 g/mol. The van der Waals surface area contributed by atoms with Crippen LogP contribution in [0.4, 0.5) is 0 Å². The van der Waals surface area contributed by atoms with Crippen LogP contribution in [0.1, 0.15) is 126 Å². The van der Waals surface area contributed by atoms with Gasteiger partial charge in [-0.05, 0) is 115 Å². The molecule has 0 radical (unpaired) electrons. The fraction of sp³-hybridized carbons (Fsp3) is 0.822. The first-order valence-corrected chi connectivity index (χ1v) is 21.9. The summed E-state index contributed by atoms with van der Waals surface area (Å²) in [7, 11) is 3.10. The van der Waals surface area contributed by atoms with Gasteiger partial charge in [-0.3, -0.25) is 14.4 Å². The number of aliphatic hydroxyl groups is 3. The standard InChI is InChI=1S/C45H74N2O11/c1-10-33-20-26(2)19-27(3)21-38(55-8)41-39(56-9)23-30(6)45(54,58-41)42(51)43(52)47-18-12-11-13-35(47)44(53)57-40(28(4)14-17-36(33)49)29(5)22-32-15-16-34(37(50)24-32)46-25-31(7)48/h20,22,27-28,30-35,37-41,46,48,50,54H,10-19,21,23-25H2,1-9H3. The van der Waals surface area contributed by atoms with Crippen LogP contribution >= 0.6 is 0 Å². The first-order chi connectivity index (χ1) is 27.4. The number of fused-ring (bicyclic) bond motifs is 3. The molecule has 4 aliphatic rings. The predicted molar refractivity (Wildman–Crippen MR) is 219 cm³/mol. The number of rotatable bonds is 8. The summed E-state index contributed by atoms with van der Waals surface area (Å²) < 4.78 is 24.4. The van der Waals surface area contributed by atoms with Gasteiger partial charge in [-0.25, -0.2) is 4.79 Å². The van der Waals surface area contributed by atoms with E-state index in [1.807, 2.05) is 27.7 Å². The fourth-order valence-corrected chi connectivity index (χ4v) is 9.74. The molecule has 0 aromatic heterocycles. The molecule has 3 aliphatic heterocycles. The lowest BCUT2D eigenvalue weighted by Crippen LogP contribution is -2.64. The summed E-state index contributed by atoms with van der Waals surface area (Å²) in [4.78, 5) is 57.8. The van der Waals surface area contributed by atoms with Crippen molar-refractivity contribution < 1.29 is 53.4 Å². The van der Waals surface area contributed by atoms with E-state index >= 15 is 0 Å². The van der Waals surface area contributed by atoms with Crippen LogP contribution in [-0.2, 0) is 38.1 Å². The van der Waals surface area contributed by atoms with Gasteiger partial charge in [0.2, 0.25) is 5.79 Å². The van der Waals surface area contributed by atoms with Gasteiger partial charge in [-0.15, -0.1) is 0 Å². The normalized spacial score (nSPS) is 38.9. The Hall–Kier alpha value is -2.52. The van der Waals surface area contributed by atoms with Gasteiger partial charge in [0.25, 0.3) is 11.7 Å². The highest BCUT2D eigenvalue weighted by Crippen LogP contribution is 2.39. The molecule has 4 rings (SSSR count). The quantitative estimate of drug-likeness (QED) is 0.149. The molecule has 3 heterocycles. The molecule has 1 aliphatic carbocycles. The van der Waals surface area contributed by atoms with E-state index < -0.39 is 72.0 Å². The van der Waals surface area contributed by atoms with E-state index in [1.165, 1.54) is 4.90 Å². The predicted octanol–water partition coefficient (Wildman–Crippen LogP) is 4.83. The van der Waals surface area contributed by atoms with Crippen LogP contribution in [0.25, 0.3) is 0 Å². The zero-order valence-corrected chi connectivity index (χ0v) is 36.6. The maximum Gasteiger partial charge on any atom is 0.329 e. The molecule has 2 bridgehead atoms. The van der Waals surface area contributed by atoms with Crippen molar-refractivity contribution in [2.24, 2.45) is 29.6 Å². The third-order valence-electron chi connectivity index (χ3n) is 13.2. The van der Waals surface area contributed by atoms with Crippen LogP contribution in [0.2, 0.25) is 0 Å². The zero-order chi connectivity index (χ0) is 42.9. The maximum absolute atomic E-state index is 14.3. The third kappa shape index (κ3) is 12.1. The zero-order valence-electron chi connectivity index (χ0n) is 36.6. The number of ketones is 2. The van der Waals surface area contributed by atoms with Crippen molar-refractivity contribution in [2.75, 3.05) is 27.3 Å². The van der Waals surface area contributed by atoms with Crippen LogP contribution in [0.3, 0.4) is 0 Å². The van der Waals surface area contributed by atoms with Gasteiger partial charge in [0.15, 0.2) is 0 Å². The van der Waals surface area contributed by atoms with Crippen molar-refractivity contribution >= 4 is 23.4 Å². The van der Waals surface area contributed by atoms with Crippen LogP contribution in [-0.4, -0.2) is 125 Å². The number of allylic oxidation sites excluding steroid dienone is 3. The molecule has 2 saturated heterocycles. The smallest absolute Gasteiger partial charge is 0.329 e. The number of hydrogen-bond acceptors (Lipinski definition) is 12. The number of methoxy groups -OCH3 is 2. The van der Waals surface area contributed by atoms with Gasteiger partial charge in [0.05, 0.1) is 24.4 Å². The number of nitrogens with one attached hydrogen (secondary N) is 1. The number of ether oxygens (including phenoxy) is 4. The van der Waals surface area contributed by atoms with Crippen LogP contribution < -0.4 is 5.32 Å². The summed E-state index contributed by atoms with van der Waals surface area (Å²) in [6, 6.07) is -1.19. The number of cyclic esters (lactones) is 1. The Morgan fingerprint density at radius 1 is 1.03 bits per heavy atom. The van der Waals surface area contributed by atoms with E-state index in [2.05, 4.69) is 24.4 Å². The Kier molecular flexibility index (Phi) is 18.1. The fourth-order valence-electron chi connectivity index (χ4n) is 9.74. The molecule has 14 unspecified atom stereocenters. The van der Waals surface area contributed by atoms with Gasteiger partial charge < -0.3 is 44.5 Å². The van der Waals surface area contributed by atoms with Crippen molar-refractivity contribution in [3.8, 4) is 0 Å². The highest BCUT2D eigenvalue weighted by molar-refractivity contribution is 6.39. The number of amides is 1. The summed E-state index contributed by atoms with van der Waals surface area (Å²) in [5.41, 5.74) is 1.87. The first kappa shape index (κ1) is 48.1. The minimum absolute atomic E-state index is 0.0140. The lowest BCUT2D eigenvalue weighted by atomic mass is 9.81. The number of carbonyl (C=O) groups excluding carboxylic acids is 4. The number of piperidine rings is 1. The van der Waals surface area contributed by atoms with Crippen LogP contribution in [0, 0.1) is 29.6 Å². The number of Topliss-reactive ketones (excluding diaryl/α,β-unsaturated/α-hetero) is 2. The molecule has 13 heteroatoms. The summed E-state index contributed by atoms with van der Waals surface area (Å²) in [5, 5.41) is 36.0. The van der Waals surface area contributed by atoms with E-state index in [-0.39, 0.29) is 54.9 Å². The van der Waals surface area contributed by atoms with Crippen LogP contribution in [0.15, 0.2) is 23.3 Å². The molecule has 0 spiro atoms. The molecule has 14 atom stereocenters. The molecule has 3 fully saturated rings. The summed E-state index contributed by atoms with van der Waals surface area (Å²) in [6.07, 6.45) is 6.62. The van der Waals surface area contributed by atoms with Crippen LogP contribution in [0.5, 0.6) is 0 Å². The van der Waals surface area contributed by atoms with E-state index in [4.69, 9.17) is 18.9 Å². The monoisotopic (exact) mass is 819 g/mol. The molecule has 1 amide bonds. The van der Waals surface area contributed by atoms with Gasteiger partial charge >= 0.3 is 5.97 Å². The lowest BCUT2D eigenvalue weighted by molar-refractivity contribution is -0.302. The number of hydrogen-bond donors (Lipinski definition) is 4. The molecular weight excluding hydrogens is 744 g/mol. The lowest BCUT2D eigenvalue weighted by Gasteiger charge is -2.47. The summed E-state index contributed by atoms with van der Waals surface area (Å²) in [5.74, 6) is -6.37. The van der Waals surface area contributed by atoms with E-state index in [0.717, 1.165) is 17.6 Å². The topological polar surface area (TPSA) is 181 Å². The maximum atomic E-state index is 14.3. The Morgan fingerprint density at radius 3 is 2.36 bits per heavy atom. The van der Waals surface area contributed by atoms with Gasteiger partial charge in [0, 0.05) is 51.6 Å². The minimum atomic E-state index is -2.47. The van der Waals surface area contributed by atoms with Crippen molar-refractivity contribution in [1.29, 1.82) is 0 Å². The molecule has 330 valence electrons. The molecule has 4 N–H and O–H groups in total. The first-order valence-electron chi connectivity index (χ1n) is 21.9. The Balaban J connectivity index is 1.70. The highest BCUT2D eigenvalue weighted by Gasteiger charge is 2.56. The highest BCUT2D eigenvalue weighted by atomic mass is 16.7. The Bertz CT molecular complexity index is 1470. The van der Waals surface area contributed by atoms with Crippen molar-refractivity contribution in [1.82, 2.24) is 10.2 Å². The number of nitrogens with zero attached hydrogens (tertiary/aromatic N) is 1. The summed E-state index contributed by atoms with van der Waals surface area (Å²) in [6.45, 7) is 13.9. The van der Waals surface area contributed by atoms with Crippen molar-refractivity contribution in [3.63, 3.8) is 0 Å². The van der Waals surface area contributed by atoms with E-state index in [0.29, 0.717) is 64.3 Å². The second-order valence-corrected chi connectivity index (χ2v) is 18.1. The largest absolute Gasteiger partial charge is 0.456 e. The second kappa shape index (κ2) is 21.8. The van der Waals surface area contributed by atoms with E-state index in [9.17, 15) is 34.5 Å². The van der Waals surface area contributed by atoms with Gasteiger partial charge in [0.1, 0.15) is 24.0 Å². The van der Waals surface area contributed by atoms with Gasteiger partial charge in [-0.2, -0.15) is 0 Å².